The number of hydrogen-bond acceptors (Lipinski definition) is 3. The standard InChI is InChI=1S/C12H15NO2/c1-9(8-13)4-10-5-11(14-2)7-12(6-10)15-3/h5-7,9H,4H2,1-3H3. The Labute approximate surface area is 90.2 Å². The largest absolute Gasteiger partial charge is 0.497 e. The van der Waals surface area contributed by atoms with Crippen molar-refractivity contribution in [1.82, 2.24) is 0 Å². The smallest absolute Gasteiger partial charge is 0.122 e. The van der Waals surface area contributed by atoms with Crippen molar-refractivity contribution in [2.75, 3.05) is 14.2 Å². The molecule has 0 aliphatic heterocycles. The van der Waals surface area contributed by atoms with Crippen LogP contribution in [0.25, 0.3) is 0 Å². The van der Waals surface area contributed by atoms with Crippen LogP contribution in [0.1, 0.15) is 12.5 Å². The van der Waals surface area contributed by atoms with Crippen LogP contribution in [0, 0.1) is 17.2 Å². The molecule has 0 spiro atoms. The zero-order valence-corrected chi connectivity index (χ0v) is 9.28. The van der Waals surface area contributed by atoms with Crippen molar-refractivity contribution in [3.8, 4) is 17.6 Å². The minimum absolute atomic E-state index is 0.00168. The number of hydrogen-bond donors (Lipinski definition) is 0. The van der Waals surface area contributed by atoms with E-state index in [0.717, 1.165) is 17.1 Å². The monoisotopic (exact) mass is 205 g/mol. The van der Waals surface area contributed by atoms with Gasteiger partial charge in [-0.05, 0) is 31.0 Å². The summed E-state index contributed by atoms with van der Waals surface area (Å²) < 4.78 is 10.3. The Balaban J connectivity index is 2.92. The Morgan fingerprint density at radius 2 is 1.73 bits per heavy atom. The molecule has 3 heteroatoms. The van der Waals surface area contributed by atoms with Crippen LogP contribution in [0.15, 0.2) is 18.2 Å². The first kappa shape index (κ1) is 11.4. The lowest BCUT2D eigenvalue weighted by molar-refractivity contribution is 0.393. The highest BCUT2D eigenvalue weighted by Gasteiger charge is 2.05. The Bertz CT molecular complexity index is 346. The summed E-state index contributed by atoms with van der Waals surface area (Å²) in [5.41, 5.74) is 1.06. The molecule has 1 rings (SSSR count). The van der Waals surface area contributed by atoms with Crippen molar-refractivity contribution < 1.29 is 9.47 Å². The fraction of sp³-hybridized carbons (Fsp3) is 0.417. The number of methoxy groups -OCH3 is 2. The number of nitrogens with zero attached hydrogens (tertiary/aromatic N) is 1. The van der Waals surface area contributed by atoms with E-state index in [9.17, 15) is 0 Å². The highest BCUT2D eigenvalue weighted by molar-refractivity contribution is 5.38. The van der Waals surface area contributed by atoms with E-state index in [0.29, 0.717) is 6.42 Å². The SMILES string of the molecule is COc1cc(CC(C)C#N)cc(OC)c1. The first-order valence-corrected chi connectivity index (χ1v) is 4.81. The summed E-state index contributed by atoms with van der Waals surface area (Å²) in [7, 11) is 3.23. The predicted molar refractivity (Wildman–Crippen MR) is 58.0 cm³/mol. The van der Waals surface area contributed by atoms with Gasteiger partial charge in [0.2, 0.25) is 0 Å². The number of nitriles is 1. The fourth-order valence-electron chi connectivity index (χ4n) is 1.38. The molecule has 0 heterocycles. The molecule has 3 nitrogen and oxygen atoms in total. The maximum absolute atomic E-state index is 8.74. The van der Waals surface area contributed by atoms with Gasteiger partial charge >= 0.3 is 0 Å². The Morgan fingerprint density at radius 1 is 1.20 bits per heavy atom. The van der Waals surface area contributed by atoms with Crippen LogP contribution in [-0.4, -0.2) is 14.2 Å². The van der Waals surface area contributed by atoms with E-state index in [1.165, 1.54) is 0 Å². The van der Waals surface area contributed by atoms with E-state index in [1.54, 1.807) is 14.2 Å². The molecular weight excluding hydrogens is 190 g/mol. The van der Waals surface area contributed by atoms with Crippen molar-refractivity contribution in [3.63, 3.8) is 0 Å². The van der Waals surface area contributed by atoms with Gasteiger partial charge in [0.25, 0.3) is 0 Å². The molecular formula is C12H15NO2. The third-order valence-electron chi connectivity index (χ3n) is 2.17. The van der Waals surface area contributed by atoms with Crippen molar-refractivity contribution in [2.45, 2.75) is 13.3 Å². The summed E-state index contributed by atoms with van der Waals surface area (Å²) in [4.78, 5) is 0. The fourth-order valence-corrected chi connectivity index (χ4v) is 1.38. The van der Waals surface area contributed by atoms with Crippen LogP contribution in [0.3, 0.4) is 0 Å². The number of rotatable bonds is 4. The van der Waals surface area contributed by atoms with E-state index >= 15 is 0 Å². The van der Waals surface area contributed by atoms with Gasteiger partial charge in [0.05, 0.1) is 20.3 Å². The van der Waals surface area contributed by atoms with E-state index in [-0.39, 0.29) is 5.92 Å². The van der Waals surface area contributed by atoms with Crippen molar-refractivity contribution in [1.29, 1.82) is 5.26 Å². The number of benzene rings is 1. The highest BCUT2D eigenvalue weighted by atomic mass is 16.5. The second kappa shape index (κ2) is 5.26. The van der Waals surface area contributed by atoms with Gasteiger partial charge in [0.15, 0.2) is 0 Å². The van der Waals surface area contributed by atoms with Crippen LogP contribution in [0.2, 0.25) is 0 Å². The van der Waals surface area contributed by atoms with E-state index in [2.05, 4.69) is 6.07 Å². The summed E-state index contributed by atoms with van der Waals surface area (Å²) in [6.07, 6.45) is 0.712. The molecule has 0 aromatic heterocycles. The van der Waals surface area contributed by atoms with E-state index in [1.807, 2.05) is 25.1 Å². The van der Waals surface area contributed by atoms with Crippen molar-refractivity contribution >= 4 is 0 Å². The lowest BCUT2D eigenvalue weighted by atomic mass is 10.0. The minimum Gasteiger partial charge on any atom is -0.497 e. The van der Waals surface area contributed by atoms with Crippen LogP contribution < -0.4 is 9.47 Å². The minimum atomic E-state index is 0.00168. The summed E-state index contributed by atoms with van der Waals surface area (Å²) in [6.45, 7) is 1.89. The zero-order chi connectivity index (χ0) is 11.3. The van der Waals surface area contributed by atoms with Gasteiger partial charge in [-0.3, -0.25) is 0 Å². The Hall–Kier alpha value is -1.69. The molecule has 15 heavy (non-hydrogen) atoms. The molecule has 0 aliphatic carbocycles. The molecule has 80 valence electrons. The quantitative estimate of drug-likeness (QED) is 0.758. The first-order chi connectivity index (χ1) is 7.19. The molecule has 0 aliphatic rings. The van der Waals surface area contributed by atoms with Gasteiger partial charge in [-0.15, -0.1) is 0 Å². The summed E-state index contributed by atoms with van der Waals surface area (Å²) >= 11 is 0. The topological polar surface area (TPSA) is 42.2 Å². The van der Waals surface area contributed by atoms with Gasteiger partial charge in [0.1, 0.15) is 11.5 Å². The Kier molecular flexibility index (Phi) is 3.99. The molecule has 1 aromatic carbocycles. The lowest BCUT2D eigenvalue weighted by Crippen LogP contribution is -1.97. The lowest BCUT2D eigenvalue weighted by Gasteiger charge is -2.08. The highest BCUT2D eigenvalue weighted by Crippen LogP contribution is 2.23. The average Bonchev–Trinajstić information content (AvgIpc) is 2.28. The molecule has 1 unspecified atom stereocenters. The third-order valence-corrected chi connectivity index (χ3v) is 2.17. The molecule has 1 atom stereocenters. The summed E-state index contributed by atoms with van der Waals surface area (Å²) in [5.74, 6) is 1.52. The second-order valence-electron chi connectivity index (χ2n) is 3.46. The van der Waals surface area contributed by atoms with Gasteiger partial charge < -0.3 is 9.47 Å². The molecule has 0 N–H and O–H groups in total. The molecule has 0 radical (unpaired) electrons. The van der Waals surface area contributed by atoms with Crippen LogP contribution in [0.4, 0.5) is 0 Å². The molecule has 0 amide bonds. The van der Waals surface area contributed by atoms with E-state index < -0.39 is 0 Å². The predicted octanol–water partition coefficient (Wildman–Crippen LogP) is 2.41. The van der Waals surface area contributed by atoms with Crippen molar-refractivity contribution in [3.05, 3.63) is 23.8 Å². The second-order valence-corrected chi connectivity index (χ2v) is 3.46. The molecule has 1 aromatic rings. The first-order valence-electron chi connectivity index (χ1n) is 4.81. The van der Waals surface area contributed by atoms with E-state index in [4.69, 9.17) is 14.7 Å². The summed E-state index contributed by atoms with van der Waals surface area (Å²) in [5, 5.41) is 8.74. The normalized spacial score (nSPS) is 11.6. The van der Waals surface area contributed by atoms with Crippen molar-refractivity contribution in [2.24, 2.45) is 5.92 Å². The molecule has 0 fully saturated rings. The van der Waals surface area contributed by atoms with Gasteiger partial charge in [-0.2, -0.15) is 5.26 Å². The molecule has 0 bridgehead atoms. The van der Waals surface area contributed by atoms with Gasteiger partial charge in [-0.1, -0.05) is 0 Å². The van der Waals surface area contributed by atoms with Crippen LogP contribution >= 0.6 is 0 Å². The van der Waals surface area contributed by atoms with Gasteiger partial charge in [0, 0.05) is 12.0 Å². The third kappa shape index (κ3) is 3.17. The average molecular weight is 205 g/mol. The number of ether oxygens (including phenoxy) is 2. The molecule has 0 saturated carbocycles. The maximum Gasteiger partial charge on any atom is 0.122 e. The summed E-state index contributed by atoms with van der Waals surface area (Å²) in [6, 6.07) is 7.88. The zero-order valence-electron chi connectivity index (χ0n) is 9.28. The Morgan fingerprint density at radius 3 is 2.13 bits per heavy atom. The molecule has 0 saturated heterocycles. The van der Waals surface area contributed by atoms with Gasteiger partial charge in [-0.25, -0.2) is 0 Å². The maximum atomic E-state index is 8.74. The van der Waals surface area contributed by atoms with Crippen LogP contribution in [-0.2, 0) is 6.42 Å². The van der Waals surface area contributed by atoms with Crippen LogP contribution in [0.5, 0.6) is 11.5 Å².